The van der Waals surface area contributed by atoms with Crippen LogP contribution in [-0.2, 0) is 4.79 Å². The average molecular weight is 221 g/mol. The first-order valence-corrected chi connectivity index (χ1v) is 5.66. The summed E-state index contributed by atoms with van der Waals surface area (Å²) in [7, 11) is 0. The molecule has 0 saturated heterocycles. The van der Waals surface area contributed by atoms with E-state index in [-0.39, 0.29) is 17.6 Å². The molecule has 15 heavy (non-hydrogen) atoms. The summed E-state index contributed by atoms with van der Waals surface area (Å²) in [4.78, 5) is 15.4. The lowest BCUT2D eigenvalue weighted by Crippen LogP contribution is -2.14. The maximum atomic E-state index is 11.1. The fourth-order valence-electron chi connectivity index (χ4n) is 1.38. The largest absolute Gasteiger partial charge is 0.507 e. The van der Waals surface area contributed by atoms with Crippen LogP contribution in [0.1, 0.15) is 12.5 Å². The van der Waals surface area contributed by atoms with Gasteiger partial charge >= 0.3 is 0 Å². The standard InChI is InChI=1S/C11H11NO2S/c1-7(13)9-6-15-11(12-9)8-4-2-3-5-10(8)14/h2-5,9,14H,6H2,1H3/t9-/m1/s1. The highest BCUT2D eigenvalue weighted by Gasteiger charge is 2.23. The van der Waals surface area contributed by atoms with Gasteiger partial charge in [-0.15, -0.1) is 11.8 Å². The van der Waals surface area contributed by atoms with Crippen LogP contribution in [0.25, 0.3) is 0 Å². The normalized spacial score (nSPS) is 20.1. The molecule has 0 saturated carbocycles. The number of thioether (sulfide) groups is 1. The Labute approximate surface area is 92.2 Å². The predicted molar refractivity (Wildman–Crippen MR) is 61.6 cm³/mol. The lowest BCUT2D eigenvalue weighted by atomic mass is 10.2. The molecule has 1 aromatic rings. The summed E-state index contributed by atoms with van der Waals surface area (Å²) >= 11 is 1.52. The van der Waals surface area contributed by atoms with E-state index >= 15 is 0 Å². The summed E-state index contributed by atoms with van der Waals surface area (Å²) in [6.45, 7) is 1.54. The Morgan fingerprint density at radius 2 is 2.27 bits per heavy atom. The molecule has 0 spiro atoms. The van der Waals surface area contributed by atoms with Gasteiger partial charge in [-0.2, -0.15) is 0 Å². The van der Waals surface area contributed by atoms with Crippen LogP contribution < -0.4 is 0 Å². The van der Waals surface area contributed by atoms with Gasteiger partial charge in [0.15, 0.2) is 5.78 Å². The summed E-state index contributed by atoms with van der Waals surface area (Å²) in [6.07, 6.45) is 0. The molecular weight excluding hydrogens is 210 g/mol. The molecule has 1 aliphatic heterocycles. The number of hydrogen-bond donors (Lipinski definition) is 1. The zero-order valence-corrected chi connectivity index (χ0v) is 9.12. The van der Waals surface area contributed by atoms with E-state index in [2.05, 4.69) is 4.99 Å². The van der Waals surface area contributed by atoms with E-state index in [1.54, 1.807) is 19.1 Å². The third kappa shape index (κ3) is 2.04. The molecule has 0 unspecified atom stereocenters. The molecule has 2 rings (SSSR count). The van der Waals surface area contributed by atoms with Crippen LogP contribution in [-0.4, -0.2) is 27.7 Å². The van der Waals surface area contributed by atoms with E-state index in [9.17, 15) is 9.90 Å². The van der Waals surface area contributed by atoms with Crippen molar-refractivity contribution < 1.29 is 9.90 Å². The SMILES string of the molecule is CC(=O)[C@H]1CSC(c2ccccc2O)=N1. The molecular formula is C11H11NO2S. The van der Waals surface area contributed by atoms with Gasteiger partial charge in [0.2, 0.25) is 0 Å². The van der Waals surface area contributed by atoms with Gasteiger partial charge in [-0.05, 0) is 19.1 Å². The maximum Gasteiger partial charge on any atom is 0.155 e. The first-order valence-electron chi connectivity index (χ1n) is 4.68. The molecule has 1 aromatic carbocycles. The summed E-state index contributed by atoms with van der Waals surface area (Å²) in [5, 5.41) is 10.4. The number of rotatable bonds is 2. The van der Waals surface area contributed by atoms with Crippen LogP contribution in [0.15, 0.2) is 29.3 Å². The molecule has 1 atom stereocenters. The summed E-state index contributed by atoms with van der Waals surface area (Å²) in [6, 6.07) is 6.80. The Bertz CT molecular complexity index is 428. The molecule has 1 N–H and O–H groups in total. The lowest BCUT2D eigenvalue weighted by molar-refractivity contribution is -0.117. The van der Waals surface area contributed by atoms with E-state index in [0.29, 0.717) is 11.3 Å². The molecule has 3 nitrogen and oxygen atoms in total. The van der Waals surface area contributed by atoms with E-state index in [0.717, 1.165) is 5.04 Å². The average Bonchev–Trinajstić information content (AvgIpc) is 2.67. The number of phenolic OH excluding ortho intramolecular Hbond substituents is 1. The Morgan fingerprint density at radius 1 is 1.53 bits per heavy atom. The van der Waals surface area contributed by atoms with E-state index in [4.69, 9.17) is 0 Å². The fourth-order valence-corrected chi connectivity index (χ4v) is 2.54. The number of aliphatic imine (C=N–C) groups is 1. The highest BCUT2D eigenvalue weighted by atomic mass is 32.2. The van der Waals surface area contributed by atoms with Crippen molar-refractivity contribution in [3.8, 4) is 5.75 Å². The van der Waals surface area contributed by atoms with Gasteiger partial charge in [-0.25, -0.2) is 0 Å². The van der Waals surface area contributed by atoms with Gasteiger partial charge in [0.05, 0.1) is 0 Å². The Kier molecular flexibility index (Phi) is 2.77. The van der Waals surface area contributed by atoms with Crippen LogP contribution >= 0.6 is 11.8 Å². The van der Waals surface area contributed by atoms with Gasteiger partial charge in [0.1, 0.15) is 16.8 Å². The first kappa shape index (κ1) is 10.2. The maximum absolute atomic E-state index is 11.1. The quantitative estimate of drug-likeness (QED) is 0.829. The van der Waals surface area contributed by atoms with Gasteiger partial charge in [-0.1, -0.05) is 12.1 Å². The van der Waals surface area contributed by atoms with Crippen LogP contribution in [0.4, 0.5) is 0 Å². The van der Waals surface area contributed by atoms with E-state index in [1.165, 1.54) is 11.8 Å². The van der Waals surface area contributed by atoms with Crippen molar-refractivity contribution in [3.63, 3.8) is 0 Å². The summed E-state index contributed by atoms with van der Waals surface area (Å²) < 4.78 is 0. The first-order chi connectivity index (χ1) is 7.18. The van der Waals surface area contributed by atoms with Crippen LogP contribution in [0.5, 0.6) is 5.75 Å². The molecule has 0 fully saturated rings. The highest BCUT2D eigenvalue weighted by molar-refractivity contribution is 8.14. The highest BCUT2D eigenvalue weighted by Crippen LogP contribution is 2.28. The predicted octanol–water partition coefficient (Wildman–Crippen LogP) is 1.84. The summed E-state index contributed by atoms with van der Waals surface area (Å²) in [5.74, 6) is 0.972. The van der Waals surface area contributed by atoms with Crippen molar-refractivity contribution in [1.82, 2.24) is 0 Å². The lowest BCUT2D eigenvalue weighted by Gasteiger charge is -2.01. The van der Waals surface area contributed by atoms with E-state index < -0.39 is 0 Å². The molecule has 0 aromatic heterocycles. The number of hydrogen-bond acceptors (Lipinski definition) is 4. The minimum atomic E-state index is -0.246. The topological polar surface area (TPSA) is 49.7 Å². The van der Waals surface area contributed by atoms with Gasteiger partial charge < -0.3 is 5.11 Å². The van der Waals surface area contributed by atoms with Crippen LogP contribution in [0, 0.1) is 0 Å². The molecule has 0 aliphatic carbocycles. The minimum absolute atomic E-state index is 0.0768. The number of benzene rings is 1. The van der Waals surface area contributed by atoms with Crippen molar-refractivity contribution in [3.05, 3.63) is 29.8 Å². The number of carbonyl (C=O) groups excluding carboxylic acids is 1. The second-order valence-corrected chi connectivity index (χ2v) is 4.40. The number of phenols is 1. The molecule has 0 bridgehead atoms. The number of nitrogens with zero attached hydrogens (tertiary/aromatic N) is 1. The van der Waals surface area contributed by atoms with Gasteiger partial charge in [-0.3, -0.25) is 9.79 Å². The molecule has 0 radical (unpaired) electrons. The summed E-state index contributed by atoms with van der Waals surface area (Å²) in [5.41, 5.74) is 0.714. The Hall–Kier alpha value is -1.29. The number of Topliss-reactive ketones (excluding diaryl/α,β-unsaturated/α-hetero) is 1. The van der Waals surface area contributed by atoms with Crippen molar-refractivity contribution in [2.45, 2.75) is 13.0 Å². The minimum Gasteiger partial charge on any atom is -0.507 e. The van der Waals surface area contributed by atoms with Crippen molar-refractivity contribution in [1.29, 1.82) is 0 Å². The molecule has 4 heteroatoms. The number of para-hydroxylation sites is 1. The van der Waals surface area contributed by atoms with Crippen molar-refractivity contribution in [2.75, 3.05) is 5.75 Å². The van der Waals surface area contributed by atoms with Gasteiger partial charge in [0, 0.05) is 11.3 Å². The third-order valence-electron chi connectivity index (χ3n) is 2.25. The molecule has 1 heterocycles. The fraction of sp³-hybridized carbons (Fsp3) is 0.273. The van der Waals surface area contributed by atoms with Gasteiger partial charge in [0.25, 0.3) is 0 Å². The van der Waals surface area contributed by atoms with Crippen LogP contribution in [0.3, 0.4) is 0 Å². The zero-order valence-electron chi connectivity index (χ0n) is 8.30. The van der Waals surface area contributed by atoms with Crippen molar-refractivity contribution in [2.24, 2.45) is 4.99 Å². The third-order valence-corrected chi connectivity index (χ3v) is 3.34. The monoisotopic (exact) mass is 221 g/mol. The zero-order chi connectivity index (χ0) is 10.8. The second-order valence-electron chi connectivity index (χ2n) is 3.39. The molecule has 1 aliphatic rings. The Morgan fingerprint density at radius 3 is 2.87 bits per heavy atom. The number of aromatic hydroxyl groups is 1. The number of carbonyl (C=O) groups is 1. The van der Waals surface area contributed by atoms with Crippen LogP contribution in [0.2, 0.25) is 0 Å². The molecule has 78 valence electrons. The molecule has 0 amide bonds. The van der Waals surface area contributed by atoms with Crippen molar-refractivity contribution >= 4 is 22.6 Å². The second kappa shape index (κ2) is 4.06. The number of ketones is 1. The Balaban J connectivity index is 2.30. The smallest absolute Gasteiger partial charge is 0.155 e. The van der Waals surface area contributed by atoms with E-state index in [1.807, 2.05) is 12.1 Å².